The predicted octanol–water partition coefficient (Wildman–Crippen LogP) is 1.17. The summed E-state index contributed by atoms with van der Waals surface area (Å²) in [6, 6.07) is 2.40. The predicted molar refractivity (Wildman–Crippen MR) is 67.5 cm³/mol. The fourth-order valence-corrected chi connectivity index (χ4v) is 2.24. The number of carbonyl (C=O) groups is 1. The van der Waals surface area contributed by atoms with Gasteiger partial charge in [0.25, 0.3) is 0 Å². The zero-order chi connectivity index (χ0) is 13.1. The first-order chi connectivity index (χ1) is 8.61. The largest absolute Gasteiger partial charge is 0.463 e. The summed E-state index contributed by atoms with van der Waals surface area (Å²) >= 11 is 0. The number of nitrogens with zero attached hydrogens (tertiary/aromatic N) is 1. The van der Waals surface area contributed by atoms with Gasteiger partial charge in [-0.05, 0) is 19.9 Å². The van der Waals surface area contributed by atoms with Crippen molar-refractivity contribution in [1.29, 1.82) is 0 Å². The molecule has 1 fully saturated rings. The zero-order valence-electron chi connectivity index (χ0n) is 11.2. The maximum absolute atomic E-state index is 11.5. The van der Waals surface area contributed by atoms with Gasteiger partial charge in [-0.3, -0.25) is 4.90 Å². The minimum absolute atomic E-state index is 0.315. The van der Waals surface area contributed by atoms with Gasteiger partial charge in [0.15, 0.2) is 0 Å². The molecule has 2 heterocycles. The van der Waals surface area contributed by atoms with Gasteiger partial charge in [0.05, 0.1) is 13.7 Å². The first-order valence-electron chi connectivity index (χ1n) is 6.24. The van der Waals surface area contributed by atoms with Gasteiger partial charge in [-0.2, -0.15) is 0 Å². The Kier molecular flexibility index (Phi) is 4.04. The van der Waals surface area contributed by atoms with Crippen molar-refractivity contribution in [3.63, 3.8) is 0 Å². The molecular formula is C13H20N2O3. The molecular weight excluding hydrogens is 232 g/mol. The summed E-state index contributed by atoms with van der Waals surface area (Å²) in [6.45, 7) is 7.76. The van der Waals surface area contributed by atoms with Gasteiger partial charge in [-0.15, -0.1) is 0 Å². The molecule has 2 rings (SSSR count). The Balaban J connectivity index is 2.07. The minimum atomic E-state index is -0.410. The second-order valence-electron chi connectivity index (χ2n) is 4.74. The Bertz CT molecular complexity index is 428. The van der Waals surface area contributed by atoms with Gasteiger partial charge in [-0.1, -0.05) is 0 Å². The third-order valence-electron chi connectivity index (χ3n) is 3.34. The maximum Gasteiger partial charge on any atom is 0.374 e. The van der Waals surface area contributed by atoms with Crippen molar-refractivity contribution in [2.45, 2.75) is 26.4 Å². The zero-order valence-corrected chi connectivity index (χ0v) is 11.2. The molecule has 0 aromatic carbocycles. The fraction of sp³-hybridized carbons (Fsp3) is 0.615. The van der Waals surface area contributed by atoms with Crippen LogP contribution in [0.5, 0.6) is 0 Å². The van der Waals surface area contributed by atoms with Gasteiger partial charge in [0.2, 0.25) is 5.76 Å². The highest BCUT2D eigenvalue weighted by Crippen LogP contribution is 2.18. The molecule has 18 heavy (non-hydrogen) atoms. The topological polar surface area (TPSA) is 54.7 Å². The molecule has 1 aromatic rings. The lowest BCUT2D eigenvalue weighted by atomic mass is 10.2. The normalized spacial score (nSPS) is 20.9. The van der Waals surface area contributed by atoms with Gasteiger partial charge < -0.3 is 14.5 Å². The van der Waals surface area contributed by atoms with Crippen molar-refractivity contribution in [3.8, 4) is 0 Å². The molecule has 1 N–H and O–H groups in total. The molecule has 5 heteroatoms. The van der Waals surface area contributed by atoms with Crippen LogP contribution in [-0.2, 0) is 11.3 Å². The molecule has 1 saturated heterocycles. The summed E-state index contributed by atoms with van der Waals surface area (Å²) in [5.74, 6) is 0.726. The summed E-state index contributed by atoms with van der Waals surface area (Å²) in [7, 11) is 1.36. The molecule has 1 aliphatic heterocycles. The molecule has 0 aliphatic carbocycles. The van der Waals surface area contributed by atoms with E-state index < -0.39 is 5.97 Å². The summed E-state index contributed by atoms with van der Waals surface area (Å²) in [6.07, 6.45) is 0. The third-order valence-corrected chi connectivity index (χ3v) is 3.34. The summed E-state index contributed by atoms with van der Waals surface area (Å²) < 4.78 is 10.3. The number of furan rings is 1. The van der Waals surface area contributed by atoms with Gasteiger partial charge in [0, 0.05) is 31.2 Å². The molecule has 0 unspecified atom stereocenters. The number of nitrogens with one attached hydrogen (secondary N) is 1. The van der Waals surface area contributed by atoms with E-state index in [1.54, 1.807) is 0 Å². The SMILES string of the molecule is COC(=O)c1oc(CN2CCNC[C@H]2C)cc1C. The van der Waals surface area contributed by atoms with E-state index in [0.29, 0.717) is 11.8 Å². The van der Waals surface area contributed by atoms with Crippen molar-refractivity contribution in [2.24, 2.45) is 0 Å². The molecule has 0 bridgehead atoms. The lowest BCUT2D eigenvalue weighted by Gasteiger charge is -2.33. The van der Waals surface area contributed by atoms with Crippen molar-refractivity contribution < 1.29 is 13.9 Å². The van der Waals surface area contributed by atoms with Gasteiger partial charge >= 0.3 is 5.97 Å². The van der Waals surface area contributed by atoms with Crippen molar-refractivity contribution >= 4 is 5.97 Å². The van der Waals surface area contributed by atoms with E-state index in [0.717, 1.165) is 37.5 Å². The number of esters is 1. The number of hydrogen-bond acceptors (Lipinski definition) is 5. The van der Waals surface area contributed by atoms with Crippen molar-refractivity contribution in [1.82, 2.24) is 10.2 Å². The van der Waals surface area contributed by atoms with Crippen LogP contribution < -0.4 is 5.32 Å². The second-order valence-corrected chi connectivity index (χ2v) is 4.74. The fourth-order valence-electron chi connectivity index (χ4n) is 2.24. The number of ether oxygens (including phenoxy) is 1. The smallest absolute Gasteiger partial charge is 0.374 e. The highest BCUT2D eigenvalue weighted by molar-refractivity contribution is 5.87. The highest BCUT2D eigenvalue weighted by atomic mass is 16.5. The van der Waals surface area contributed by atoms with Crippen LogP contribution >= 0.6 is 0 Å². The number of hydrogen-bond donors (Lipinski definition) is 1. The van der Waals surface area contributed by atoms with Crippen LogP contribution in [0.3, 0.4) is 0 Å². The maximum atomic E-state index is 11.5. The minimum Gasteiger partial charge on any atom is -0.463 e. The second kappa shape index (κ2) is 5.54. The Morgan fingerprint density at radius 1 is 1.67 bits per heavy atom. The Labute approximate surface area is 107 Å². The average Bonchev–Trinajstić information content (AvgIpc) is 2.72. The molecule has 5 nitrogen and oxygen atoms in total. The number of piperazine rings is 1. The van der Waals surface area contributed by atoms with Gasteiger partial charge in [-0.25, -0.2) is 4.79 Å². The molecule has 0 saturated carbocycles. The van der Waals surface area contributed by atoms with E-state index in [2.05, 4.69) is 21.9 Å². The molecule has 0 amide bonds. The molecule has 100 valence electrons. The molecule has 1 aromatic heterocycles. The lowest BCUT2D eigenvalue weighted by Crippen LogP contribution is -2.49. The van der Waals surface area contributed by atoms with Crippen LogP contribution in [-0.4, -0.2) is 43.7 Å². The van der Waals surface area contributed by atoms with E-state index in [4.69, 9.17) is 4.42 Å². The number of rotatable bonds is 3. The standard InChI is InChI=1S/C13H20N2O3/c1-9-6-11(18-12(9)13(16)17-3)8-15-5-4-14-7-10(15)2/h6,10,14H,4-5,7-8H2,1-3H3/t10-/m1/s1. The van der Waals surface area contributed by atoms with Crippen molar-refractivity contribution in [3.05, 3.63) is 23.2 Å². The monoisotopic (exact) mass is 252 g/mol. The van der Waals surface area contributed by atoms with Crippen LogP contribution in [0, 0.1) is 6.92 Å². The average molecular weight is 252 g/mol. The van der Waals surface area contributed by atoms with E-state index in [9.17, 15) is 4.79 Å². The molecule has 1 aliphatic rings. The van der Waals surface area contributed by atoms with Crippen LogP contribution in [0.2, 0.25) is 0 Å². The Hall–Kier alpha value is -1.33. The van der Waals surface area contributed by atoms with Crippen LogP contribution in [0.15, 0.2) is 10.5 Å². The van der Waals surface area contributed by atoms with E-state index in [1.807, 2.05) is 13.0 Å². The summed E-state index contributed by atoms with van der Waals surface area (Å²) in [5, 5.41) is 3.35. The van der Waals surface area contributed by atoms with E-state index in [1.165, 1.54) is 7.11 Å². The number of aryl methyl sites for hydroxylation is 1. The number of carbonyl (C=O) groups excluding carboxylic acids is 1. The highest BCUT2D eigenvalue weighted by Gasteiger charge is 2.21. The Morgan fingerprint density at radius 3 is 3.11 bits per heavy atom. The van der Waals surface area contributed by atoms with Gasteiger partial charge in [0.1, 0.15) is 5.76 Å². The van der Waals surface area contributed by atoms with E-state index >= 15 is 0 Å². The van der Waals surface area contributed by atoms with Crippen molar-refractivity contribution in [2.75, 3.05) is 26.7 Å². The first-order valence-corrected chi connectivity index (χ1v) is 6.24. The molecule has 1 atom stereocenters. The molecule has 0 spiro atoms. The first kappa shape index (κ1) is 13.1. The van der Waals surface area contributed by atoms with Crippen LogP contribution in [0.1, 0.15) is 28.8 Å². The lowest BCUT2D eigenvalue weighted by molar-refractivity contribution is 0.0558. The Morgan fingerprint density at radius 2 is 2.44 bits per heavy atom. The third kappa shape index (κ3) is 2.73. The summed E-state index contributed by atoms with van der Waals surface area (Å²) in [5.41, 5.74) is 0.833. The van der Waals surface area contributed by atoms with E-state index in [-0.39, 0.29) is 0 Å². The quantitative estimate of drug-likeness (QED) is 0.818. The van der Waals surface area contributed by atoms with Crippen LogP contribution in [0.25, 0.3) is 0 Å². The van der Waals surface area contributed by atoms with Crippen LogP contribution in [0.4, 0.5) is 0 Å². The number of methoxy groups -OCH3 is 1. The summed E-state index contributed by atoms with van der Waals surface area (Å²) in [4.78, 5) is 13.8. The molecule has 0 radical (unpaired) electrons.